The number of nitrogens with one attached hydrogen (secondary N) is 1. The van der Waals surface area contributed by atoms with Crippen LogP contribution in [0.4, 0.5) is 5.69 Å². The van der Waals surface area contributed by atoms with Crippen molar-refractivity contribution in [2.45, 2.75) is 71.1 Å². The molecule has 0 aromatic heterocycles. The maximum absolute atomic E-state index is 11.7. The molecule has 0 aliphatic heterocycles. The molecule has 1 rings (SSSR count). The zero-order valence-corrected chi connectivity index (χ0v) is 22.3. The number of rotatable bonds is 16. The standard InChI is InChI=1S/C26H47NOP2/c1-23(2)26(28)27-24-17-19-25(20-18-24)30(5,6)22-16-14-12-10-8-7-9-11-13-15-21-29(3)4/h17-20,30H,1,7-16,21-22H2,2-6H3,(H,27,28). The van der Waals surface area contributed by atoms with Crippen molar-refractivity contribution < 1.29 is 4.79 Å². The van der Waals surface area contributed by atoms with Gasteiger partial charge in [-0.3, -0.25) is 0 Å². The Labute approximate surface area is 188 Å². The molecule has 172 valence electrons. The average Bonchev–Trinajstić information content (AvgIpc) is 2.68. The average molecular weight is 452 g/mol. The molecule has 0 unspecified atom stereocenters. The van der Waals surface area contributed by atoms with Gasteiger partial charge in [-0.1, -0.05) is 0 Å². The monoisotopic (exact) mass is 451 g/mol. The van der Waals surface area contributed by atoms with Gasteiger partial charge < -0.3 is 0 Å². The van der Waals surface area contributed by atoms with E-state index in [1.165, 1.54) is 81.8 Å². The Morgan fingerprint density at radius 3 is 1.80 bits per heavy atom. The van der Waals surface area contributed by atoms with Crippen LogP contribution >= 0.6 is 15.2 Å². The van der Waals surface area contributed by atoms with Gasteiger partial charge in [-0.15, -0.1) is 7.92 Å². The summed E-state index contributed by atoms with van der Waals surface area (Å²) < 4.78 is 0. The van der Waals surface area contributed by atoms with Crippen LogP contribution in [0.5, 0.6) is 0 Å². The van der Waals surface area contributed by atoms with E-state index in [0.717, 1.165) is 5.69 Å². The number of unbranched alkanes of at least 4 members (excludes halogenated alkanes) is 9. The van der Waals surface area contributed by atoms with Gasteiger partial charge in [0.25, 0.3) is 0 Å². The Bertz CT molecular complexity index is 622. The zero-order chi connectivity index (χ0) is 22.4. The van der Waals surface area contributed by atoms with Gasteiger partial charge in [0.15, 0.2) is 0 Å². The summed E-state index contributed by atoms with van der Waals surface area (Å²) in [5, 5.41) is 4.37. The summed E-state index contributed by atoms with van der Waals surface area (Å²) in [6.07, 6.45) is 17.0. The molecule has 0 saturated carbocycles. The third-order valence-electron chi connectivity index (χ3n) is 5.97. The summed E-state index contributed by atoms with van der Waals surface area (Å²) in [7, 11) is -1.08. The second-order valence-corrected chi connectivity index (χ2v) is 17.2. The van der Waals surface area contributed by atoms with Crippen LogP contribution in [-0.4, -0.2) is 44.9 Å². The first-order chi connectivity index (χ1) is 14.2. The van der Waals surface area contributed by atoms with Gasteiger partial charge in [0.2, 0.25) is 0 Å². The summed E-state index contributed by atoms with van der Waals surface area (Å²) in [6.45, 7) is 15.1. The van der Waals surface area contributed by atoms with Crippen LogP contribution in [0.2, 0.25) is 0 Å². The first-order valence-electron chi connectivity index (χ1n) is 11.9. The van der Waals surface area contributed by atoms with Crippen molar-refractivity contribution in [1.29, 1.82) is 0 Å². The van der Waals surface area contributed by atoms with Crippen molar-refractivity contribution in [1.82, 2.24) is 0 Å². The Morgan fingerprint density at radius 2 is 1.33 bits per heavy atom. The van der Waals surface area contributed by atoms with Crippen LogP contribution in [0.1, 0.15) is 71.1 Å². The maximum atomic E-state index is 11.7. The third kappa shape index (κ3) is 12.2. The van der Waals surface area contributed by atoms with Crippen molar-refractivity contribution in [2.24, 2.45) is 0 Å². The van der Waals surface area contributed by atoms with Gasteiger partial charge in [-0.25, -0.2) is 0 Å². The molecule has 0 saturated heterocycles. The third-order valence-corrected chi connectivity index (χ3v) is 10.7. The molecule has 0 heterocycles. The molecule has 4 heteroatoms. The Kier molecular flexibility index (Phi) is 13.8. The molecule has 0 radical (unpaired) electrons. The van der Waals surface area contributed by atoms with E-state index in [4.69, 9.17) is 0 Å². The van der Waals surface area contributed by atoms with Crippen molar-refractivity contribution >= 4 is 32.1 Å². The van der Waals surface area contributed by atoms with Crippen LogP contribution < -0.4 is 10.6 Å². The minimum atomic E-state index is -1.40. The van der Waals surface area contributed by atoms with E-state index in [2.05, 4.69) is 50.7 Å². The number of carbonyl (C=O) groups excluding carboxylic acids is 1. The van der Waals surface area contributed by atoms with Crippen LogP contribution in [0, 0.1) is 0 Å². The Hall–Kier alpha value is -0.710. The fourth-order valence-corrected chi connectivity index (χ4v) is 7.14. The number of anilines is 1. The predicted octanol–water partition coefficient (Wildman–Crippen LogP) is 7.48. The van der Waals surface area contributed by atoms with E-state index < -0.39 is 7.26 Å². The predicted molar refractivity (Wildman–Crippen MR) is 144 cm³/mol. The molecule has 1 N–H and O–H groups in total. The molecular weight excluding hydrogens is 404 g/mol. The number of carbonyl (C=O) groups is 1. The van der Waals surface area contributed by atoms with Crippen LogP contribution in [0.25, 0.3) is 0 Å². The van der Waals surface area contributed by atoms with Gasteiger partial charge >= 0.3 is 167 Å². The molecule has 0 atom stereocenters. The summed E-state index contributed by atoms with van der Waals surface area (Å²) >= 11 is 0. The summed E-state index contributed by atoms with van der Waals surface area (Å²) in [4.78, 5) is 11.7. The summed E-state index contributed by atoms with van der Waals surface area (Å²) in [6, 6.07) is 8.49. The molecule has 0 aliphatic rings. The quantitative estimate of drug-likeness (QED) is 0.158. The molecule has 0 spiro atoms. The van der Waals surface area contributed by atoms with E-state index in [1.54, 1.807) is 6.92 Å². The number of hydrogen-bond donors (Lipinski definition) is 1. The number of benzene rings is 1. The van der Waals surface area contributed by atoms with E-state index in [-0.39, 0.29) is 5.91 Å². The Morgan fingerprint density at radius 1 is 0.867 bits per heavy atom. The second kappa shape index (κ2) is 15.2. The molecule has 0 bridgehead atoms. The summed E-state index contributed by atoms with van der Waals surface area (Å²) in [5.74, 6) is -0.105. The Balaban J connectivity index is 2.14. The first-order valence-corrected chi connectivity index (χ1v) is 17.6. The van der Waals surface area contributed by atoms with Crippen LogP contribution in [0.15, 0.2) is 36.4 Å². The molecule has 2 nitrogen and oxygen atoms in total. The molecule has 1 aromatic rings. The van der Waals surface area contributed by atoms with E-state index >= 15 is 0 Å². The van der Waals surface area contributed by atoms with E-state index in [9.17, 15) is 4.79 Å². The molecule has 1 amide bonds. The molecular formula is C26H47NOP2. The van der Waals surface area contributed by atoms with Gasteiger partial charge in [0.05, 0.1) is 0 Å². The normalized spacial score (nSPS) is 12.2. The summed E-state index contributed by atoms with van der Waals surface area (Å²) in [5.41, 5.74) is 1.40. The van der Waals surface area contributed by atoms with Crippen molar-refractivity contribution in [3.8, 4) is 0 Å². The van der Waals surface area contributed by atoms with Gasteiger partial charge in [-0.05, 0) is 13.3 Å². The van der Waals surface area contributed by atoms with E-state index in [0.29, 0.717) is 13.5 Å². The van der Waals surface area contributed by atoms with E-state index in [1.807, 2.05) is 12.1 Å². The SMILES string of the molecule is C=C(C)C(=O)Nc1ccc([PH](C)(C)CCCCCCCCCCCCP(C)C)cc1. The van der Waals surface area contributed by atoms with Crippen LogP contribution in [0.3, 0.4) is 0 Å². The number of amides is 1. The first kappa shape index (κ1) is 27.3. The fraction of sp³-hybridized carbons (Fsp3) is 0.654. The van der Waals surface area contributed by atoms with Crippen molar-refractivity contribution in [2.75, 3.05) is 44.3 Å². The molecule has 0 fully saturated rings. The molecule has 0 aliphatic carbocycles. The van der Waals surface area contributed by atoms with Crippen molar-refractivity contribution in [3.05, 3.63) is 36.4 Å². The topological polar surface area (TPSA) is 29.1 Å². The second-order valence-electron chi connectivity index (χ2n) is 9.78. The molecule has 30 heavy (non-hydrogen) atoms. The fourth-order valence-electron chi connectivity index (χ4n) is 3.80. The minimum absolute atomic E-state index is 0.105. The van der Waals surface area contributed by atoms with Gasteiger partial charge in [-0.2, -0.15) is 0 Å². The van der Waals surface area contributed by atoms with Gasteiger partial charge in [0, 0.05) is 0 Å². The van der Waals surface area contributed by atoms with Crippen LogP contribution in [-0.2, 0) is 4.79 Å². The molecule has 1 aromatic carbocycles. The zero-order valence-electron chi connectivity index (χ0n) is 20.4. The number of hydrogen-bond acceptors (Lipinski definition) is 1. The van der Waals surface area contributed by atoms with Crippen molar-refractivity contribution in [3.63, 3.8) is 0 Å². The van der Waals surface area contributed by atoms with Gasteiger partial charge in [0.1, 0.15) is 0 Å².